The van der Waals surface area contributed by atoms with E-state index >= 15 is 0 Å². The molecule has 0 aromatic heterocycles. The highest BCUT2D eigenvalue weighted by Gasteiger charge is 2.32. The van der Waals surface area contributed by atoms with E-state index in [1.54, 1.807) is 24.3 Å². The van der Waals surface area contributed by atoms with Crippen LogP contribution in [0.25, 0.3) is 0 Å². The lowest BCUT2D eigenvalue weighted by Gasteiger charge is -2.32. The molecule has 1 aromatic rings. The van der Waals surface area contributed by atoms with Crippen molar-refractivity contribution in [3.05, 3.63) is 29.3 Å². The summed E-state index contributed by atoms with van der Waals surface area (Å²) >= 11 is 5.78. The second-order valence-electron chi connectivity index (χ2n) is 5.62. The van der Waals surface area contributed by atoms with E-state index in [2.05, 4.69) is 9.62 Å². The van der Waals surface area contributed by atoms with Gasteiger partial charge in [0.1, 0.15) is 0 Å². The topological polar surface area (TPSA) is 49.4 Å². The van der Waals surface area contributed by atoms with Crippen LogP contribution in [-0.2, 0) is 10.0 Å². The zero-order valence-corrected chi connectivity index (χ0v) is 12.8. The number of hydrogen-bond acceptors (Lipinski definition) is 3. The van der Waals surface area contributed by atoms with Crippen LogP contribution in [-0.4, -0.2) is 38.5 Å². The average molecular weight is 315 g/mol. The standard InChI is InChI=1S/C14H19ClN2O2S/c15-11-1-5-14(6-2-11)20(18,19)16-12-7-9-17(10-8-12)13-3-4-13/h1-2,5-6,12-13,16H,3-4,7-10H2. The number of nitrogens with one attached hydrogen (secondary N) is 1. The number of rotatable bonds is 4. The van der Waals surface area contributed by atoms with Crippen LogP contribution in [0.1, 0.15) is 25.7 Å². The fourth-order valence-corrected chi connectivity index (χ4v) is 4.15. The van der Waals surface area contributed by atoms with Gasteiger partial charge in [0.25, 0.3) is 0 Å². The van der Waals surface area contributed by atoms with Crippen LogP contribution in [0.15, 0.2) is 29.2 Å². The number of piperidine rings is 1. The molecule has 4 nitrogen and oxygen atoms in total. The van der Waals surface area contributed by atoms with Crippen molar-refractivity contribution in [1.82, 2.24) is 9.62 Å². The summed E-state index contributed by atoms with van der Waals surface area (Å²) in [6, 6.07) is 7.11. The van der Waals surface area contributed by atoms with Gasteiger partial charge < -0.3 is 4.90 Å². The van der Waals surface area contributed by atoms with Gasteiger partial charge in [-0.1, -0.05) is 11.6 Å². The van der Waals surface area contributed by atoms with E-state index in [1.807, 2.05) is 0 Å². The zero-order chi connectivity index (χ0) is 14.2. The first kappa shape index (κ1) is 14.3. The van der Waals surface area contributed by atoms with Crippen LogP contribution >= 0.6 is 11.6 Å². The van der Waals surface area contributed by atoms with Crippen molar-refractivity contribution in [2.75, 3.05) is 13.1 Å². The Kier molecular flexibility index (Phi) is 4.04. The third-order valence-corrected chi connectivity index (χ3v) is 5.83. The number of hydrogen-bond donors (Lipinski definition) is 1. The lowest BCUT2D eigenvalue weighted by Crippen LogP contribution is -2.45. The van der Waals surface area contributed by atoms with Crippen molar-refractivity contribution in [3.63, 3.8) is 0 Å². The Hall–Kier alpha value is -0.620. The number of halogens is 1. The van der Waals surface area contributed by atoms with E-state index in [9.17, 15) is 8.42 Å². The maximum absolute atomic E-state index is 12.3. The minimum Gasteiger partial charge on any atom is -0.300 e. The summed E-state index contributed by atoms with van der Waals surface area (Å²) in [4.78, 5) is 2.76. The molecule has 0 atom stereocenters. The number of benzene rings is 1. The van der Waals surface area contributed by atoms with Crippen molar-refractivity contribution in [2.24, 2.45) is 0 Å². The first-order chi connectivity index (χ1) is 9.54. The van der Waals surface area contributed by atoms with Crippen LogP contribution in [0, 0.1) is 0 Å². The Balaban J connectivity index is 1.60. The molecule has 110 valence electrons. The fraction of sp³-hybridized carbons (Fsp3) is 0.571. The highest BCUT2D eigenvalue weighted by atomic mass is 35.5. The van der Waals surface area contributed by atoms with E-state index in [0.717, 1.165) is 32.0 Å². The summed E-state index contributed by atoms with van der Waals surface area (Å²) in [5, 5.41) is 0.543. The summed E-state index contributed by atoms with van der Waals surface area (Å²) in [7, 11) is -3.43. The second-order valence-corrected chi connectivity index (χ2v) is 7.77. The molecule has 0 spiro atoms. The molecular weight excluding hydrogens is 296 g/mol. The summed E-state index contributed by atoms with van der Waals surface area (Å²) in [6.45, 7) is 2.00. The molecule has 1 aliphatic heterocycles. The maximum Gasteiger partial charge on any atom is 0.240 e. The fourth-order valence-electron chi connectivity index (χ4n) is 2.72. The molecule has 1 saturated carbocycles. The molecule has 6 heteroatoms. The van der Waals surface area contributed by atoms with Crippen LogP contribution in [0.4, 0.5) is 0 Å². The second kappa shape index (κ2) is 5.64. The molecule has 0 bridgehead atoms. The number of likely N-dealkylation sites (tertiary alicyclic amines) is 1. The van der Waals surface area contributed by atoms with Gasteiger partial charge in [-0.25, -0.2) is 13.1 Å². The molecule has 1 aromatic carbocycles. The Morgan fingerprint density at radius 3 is 2.20 bits per heavy atom. The van der Waals surface area contributed by atoms with Crippen LogP contribution in [0.5, 0.6) is 0 Å². The van der Waals surface area contributed by atoms with E-state index < -0.39 is 10.0 Å². The molecule has 0 radical (unpaired) electrons. The van der Waals surface area contributed by atoms with Crippen molar-refractivity contribution in [1.29, 1.82) is 0 Å². The van der Waals surface area contributed by atoms with E-state index in [1.165, 1.54) is 12.8 Å². The number of nitrogens with zero attached hydrogens (tertiary/aromatic N) is 1. The molecule has 1 aliphatic carbocycles. The largest absolute Gasteiger partial charge is 0.300 e. The Morgan fingerprint density at radius 2 is 1.65 bits per heavy atom. The average Bonchev–Trinajstić information content (AvgIpc) is 3.24. The third-order valence-electron chi connectivity index (χ3n) is 4.04. The highest BCUT2D eigenvalue weighted by Crippen LogP contribution is 2.29. The predicted molar refractivity (Wildman–Crippen MR) is 79.4 cm³/mol. The normalized spacial score (nSPS) is 22.1. The minimum absolute atomic E-state index is 0.0469. The molecule has 1 saturated heterocycles. The monoisotopic (exact) mass is 314 g/mol. The van der Waals surface area contributed by atoms with Gasteiger partial charge in [0.2, 0.25) is 10.0 Å². The van der Waals surface area contributed by atoms with E-state index in [4.69, 9.17) is 11.6 Å². The lowest BCUT2D eigenvalue weighted by atomic mass is 10.1. The van der Waals surface area contributed by atoms with Gasteiger partial charge in [-0.3, -0.25) is 0 Å². The molecular formula is C14H19ClN2O2S. The number of sulfonamides is 1. The van der Waals surface area contributed by atoms with Crippen molar-refractivity contribution in [3.8, 4) is 0 Å². The molecule has 0 amide bonds. The van der Waals surface area contributed by atoms with Gasteiger partial charge in [-0.15, -0.1) is 0 Å². The molecule has 1 N–H and O–H groups in total. The van der Waals surface area contributed by atoms with Gasteiger partial charge in [-0.2, -0.15) is 0 Å². The minimum atomic E-state index is -3.43. The van der Waals surface area contributed by atoms with Gasteiger partial charge in [-0.05, 0) is 63.0 Å². The van der Waals surface area contributed by atoms with Gasteiger partial charge in [0.15, 0.2) is 0 Å². The zero-order valence-electron chi connectivity index (χ0n) is 11.3. The van der Waals surface area contributed by atoms with Crippen LogP contribution in [0.3, 0.4) is 0 Å². The van der Waals surface area contributed by atoms with Crippen molar-refractivity contribution in [2.45, 2.75) is 42.7 Å². The summed E-state index contributed by atoms with van der Waals surface area (Å²) < 4.78 is 27.4. The van der Waals surface area contributed by atoms with Crippen LogP contribution < -0.4 is 4.72 Å². The predicted octanol–water partition coefficient (Wildman–Crippen LogP) is 2.25. The molecule has 2 fully saturated rings. The highest BCUT2D eigenvalue weighted by molar-refractivity contribution is 7.89. The maximum atomic E-state index is 12.3. The molecule has 2 aliphatic rings. The first-order valence-electron chi connectivity index (χ1n) is 7.06. The molecule has 20 heavy (non-hydrogen) atoms. The van der Waals surface area contributed by atoms with Gasteiger partial charge in [0, 0.05) is 17.1 Å². The third kappa shape index (κ3) is 3.34. The van der Waals surface area contributed by atoms with Crippen LogP contribution in [0.2, 0.25) is 5.02 Å². The Bertz CT molecular complexity index is 561. The summed E-state index contributed by atoms with van der Waals surface area (Å²) in [6.07, 6.45) is 4.40. The first-order valence-corrected chi connectivity index (χ1v) is 8.93. The van der Waals surface area contributed by atoms with Crippen molar-refractivity contribution >= 4 is 21.6 Å². The van der Waals surface area contributed by atoms with E-state index in [-0.39, 0.29) is 10.9 Å². The Morgan fingerprint density at radius 1 is 1.05 bits per heavy atom. The molecule has 0 unspecified atom stereocenters. The summed E-state index contributed by atoms with van der Waals surface area (Å²) in [5.74, 6) is 0. The Labute approximate surface area is 125 Å². The van der Waals surface area contributed by atoms with Crippen molar-refractivity contribution < 1.29 is 8.42 Å². The quantitative estimate of drug-likeness (QED) is 0.927. The van der Waals surface area contributed by atoms with Gasteiger partial charge in [0.05, 0.1) is 4.90 Å². The van der Waals surface area contributed by atoms with E-state index in [0.29, 0.717) is 5.02 Å². The molecule has 3 rings (SSSR count). The molecule has 1 heterocycles. The van der Waals surface area contributed by atoms with Gasteiger partial charge >= 0.3 is 0 Å². The SMILES string of the molecule is O=S(=O)(NC1CCN(C2CC2)CC1)c1ccc(Cl)cc1. The lowest BCUT2D eigenvalue weighted by molar-refractivity contribution is 0.199. The summed E-state index contributed by atoms with van der Waals surface area (Å²) in [5.41, 5.74) is 0. The smallest absolute Gasteiger partial charge is 0.240 e.